The van der Waals surface area contributed by atoms with E-state index in [4.69, 9.17) is 23.2 Å². The molecule has 3 rings (SSSR count). The summed E-state index contributed by atoms with van der Waals surface area (Å²) in [5, 5.41) is 11.3. The molecule has 8 nitrogen and oxygen atoms in total. The zero-order valence-electron chi connectivity index (χ0n) is 15.8. The van der Waals surface area contributed by atoms with Crippen LogP contribution in [0.15, 0.2) is 41.3 Å². The van der Waals surface area contributed by atoms with Crippen molar-refractivity contribution in [2.24, 2.45) is 0 Å². The van der Waals surface area contributed by atoms with Gasteiger partial charge in [-0.05, 0) is 43.2 Å². The van der Waals surface area contributed by atoms with E-state index >= 15 is 0 Å². The first-order chi connectivity index (χ1) is 14.4. The lowest BCUT2D eigenvalue weighted by Gasteiger charge is -2.11. The van der Waals surface area contributed by atoms with E-state index in [2.05, 4.69) is 14.4 Å². The predicted molar refractivity (Wildman–Crippen MR) is 111 cm³/mol. The van der Waals surface area contributed by atoms with Gasteiger partial charge in [-0.3, -0.25) is 10.1 Å². The number of H-pyrrole nitrogens is 1. The molecule has 0 fully saturated rings. The van der Waals surface area contributed by atoms with Gasteiger partial charge in [0.25, 0.3) is 5.69 Å². The van der Waals surface area contributed by atoms with Crippen LogP contribution in [0.3, 0.4) is 0 Å². The van der Waals surface area contributed by atoms with Crippen molar-refractivity contribution in [1.82, 2.24) is 9.71 Å². The Morgan fingerprint density at radius 3 is 2.61 bits per heavy atom. The quantitative estimate of drug-likeness (QED) is 0.267. The summed E-state index contributed by atoms with van der Waals surface area (Å²) in [4.78, 5) is 12.8. The first kappa shape index (κ1) is 23.2. The Bertz CT molecular complexity index is 1260. The maximum atomic E-state index is 12.9. The highest BCUT2D eigenvalue weighted by atomic mass is 35.5. The number of alkyl halides is 3. The summed E-state index contributed by atoms with van der Waals surface area (Å²) in [5.41, 5.74) is -2.27. The number of nitro benzene ring substituents is 1. The summed E-state index contributed by atoms with van der Waals surface area (Å²) in [5.74, 6) is -0.156. The van der Waals surface area contributed by atoms with Crippen LogP contribution in [0.4, 0.5) is 14.5 Å². The van der Waals surface area contributed by atoms with Crippen molar-refractivity contribution in [2.45, 2.75) is 23.8 Å². The van der Waals surface area contributed by atoms with Gasteiger partial charge in [0.1, 0.15) is 10.6 Å². The number of nitro groups is 1. The fourth-order valence-corrected chi connectivity index (χ4v) is 4.72. The number of hydrogen-bond donors (Lipinski definition) is 2. The van der Waals surface area contributed by atoms with Gasteiger partial charge in [0, 0.05) is 46.9 Å². The molecule has 3 aromatic rings. The number of rotatable bonds is 8. The average Bonchev–Trinajstić information content (AvgIpc) is 2.95. The molecule has 0 radical (unpaired) electrons. The van der Waals surface area contributed by atoms with Crippen molar-refractivity contribution in [3.8, 4) is 5.75 Å². The highest BCUT2D eigenvalue weighted by Crippen LogP contribution is 2.31. The van der Waals surface area contributed by atoms with Crippen LogP contribution in [0.1, 0.15) is 11.3 Å². The molecule has 31 heavy (non-hydrogen) atoms. The van der Waals surface area contributed by atoms with Gasteiger partial charge < -0.3 is 9.72 Å². The van der Waals surface area contributed by atoms with E-state index in [1.807, 2.05) is 0 Å². The minimum atomic E-state index is -4.14. The highest BCUT2D eigenvalue weighted by Gasteiger charge is 2.28. The van der Waals surface area contributed by atoms with E-state index in [1.54, 1.807) is 6.92 Å². The van der Waals surface area contributed by atoms with E-state index in [0.717, 1.165) is 18.2 Å². The zero-order valence-corrected chi connectivity index (χ0v) is 18.1. The summed E-state index contributed by atoms with van der Waals surface area (Å²) in [7, 11) is -4.14. The minimum absolute atomic E-state index is 0.0775. The van der Waals surface area contributed by atoms with Crippen LogP contribution in [-0.4, -0.2) is 30.4 Å². The van der Waals surface area contributed by atoms with E-state index in [1.165, 1.54) is 18.2 Å². The number of ether oxygens (including phenoxy) is 1. The Hall–Kier alpha value is -2.47. The minimum Gasteiger partial charge on any atom is -0.420 e. The third-order valence-corrected chi connectivity index (χ3v) is 6.43. The van der Waals surface area contributed by atoms with Gasteiger partial charge in [0.05, 0.1) is 9.95 Å². The number of aromatic amines is 1. The first-order valence-corrected chi connectivity index (χ1v) is 10.9. The molecule has 0 atom stereocenters. The molecule has 0 aliphatic heterocycles. The van der Waals surface area contributed by atoms with Gasteiger partial charge in [-0.2, -0.15) is 0 Å². The molecule has 2 N–H and O–H groups in total. The maximum absolute atomic E-state index is 12.9. The molecule has 0 saturated heterocycles. The number of sulfonamides is 1. The fraction of sp³-hybridized carbons (Fsp3) is 0.222. The third kappa shape index (κ3) is 5.42. The van der Waals surface area contributed by atoms with Crippen LogP contribution in [0.5, 0.6) is 5.75 Å². The molecule has 1 aromatic heterocycles. The van der Waals surface area contributed by atoms with Gasteiger partial charge in [0.15, 0.2) is 0 Å². The normalized spacial score (nSPS) is 12.3. The summed E-state index contributed by atoms with van der Waals surface area (Å²) in [6.07, 6.45) is 0.193. The fourth-order valence-electron chi connectivity index (χ4n) is 3.08. The highest BCUT2D eigenvalue weighted by molar-refractivity contribution is 7.89. The Morgan fingerprint density at radius 2 is 1.97 bits per heavy atom. The molecule has 0 amide bonds. The zero-order chi connectivity index (χ0) is 23.0. The predicted octanol–water partition coefficient (Wildman–Crippen LogP) is 4.73. The van der Waals surface area contributed by atoms with E-state index in [9.17, 15) is 27.3 Å². The molecule has 0 saturated carbocycles. The molecule has 0 aliphatic rings. The lowest BCUT2D eigenvalue weighted by Crippen LogP contribution is -2.26. The van der Waals surface area contributed by atoms with Crippen molar-refractivity contribution in [3.63, 3.8) is 0 Å². The standard InChI is InChI=1S/C18H15Cl2F2N3O5S/c1-10-13(14-9-12(30-18(20,21)22)3-5-16(14)24-10)6-7-23-31(28,29)17-8-11(25(26)27)2-4-15(17)19/h2-5,8-9,23-24H,6-7H2,1H3. The van der Waals surface area contributed by atoms with Crippen molar-refractivity contribution in [1.29, 1.82) is 0 Å². The Morgan fingerprint density at radius 1 is 1.26 bits per heavy atom. The summed E-state index contributed by atoms with van der Waals surface area (Å²) >= 11 is 10.7. The van der Waals surface area contributed by atoms with Gasteiger partial charge >= 0.3 is 5.57 Å². The lowest BCUT2D eigenvalue weighted by atomic mass is 10.1. The van der Waals surface area contributed by atoms with Crippen LogP contribution in [-0.2, 0) is 16.4 Å². The number of nitrogens with zero attached hydrogens (tertiary/aromatic N) is 1. The van der Waals surface area contributed by atoms with Crippen LogP contribution in [0, 0.1) is 17.0 Å². The number of fused-ring (bicyclic) bond motifs is 1. The second-order valence-corrected chi connectivity index (χ2v) is 9.09. The number of nitrogens with one attached hydrogen (secondary N) is 2. The second kappa shape index (κ2) is 8.58. The monoisotopic (exact) mass is 493 g/mol. The van der Waals surface area contributed by atoms with Crippen molar-refractivity contribution in [2.75, 3.05) is 6.54 Å². The van der Waals surface area contributed by atoms with E-state index < -0.39 is 31.1 Å². The van der Waals surface area contributed by atoms with Crippen LogP contribution >= 0.6 is 23.2 Å². The average molecular weight is 494 g/mol. The second-order valence-electron chi connectivity index (χ2n) is 6.50. The van der Waals surface area contributed by atoms with Gasteiger partial charge in [-0.15, -0.1) is 8.78 Å². The Kier molecular flexibility index (Phi) is 6.42. The molecule has 0 spiro atoms. The van der Waals surface area contributed by atoms with E-state index in [-0.39, 0.29) is 23.7 Å². The van der Waals surface area contributed by atoms with Crippen LogP contribution in [0.2, 0.25) is 5.02 Å². The number of hydrogen-bond acceptors (Lipinski definition) is 5. The topological polar surface area (TPSA) is 114 Å². The summed E-state index contributed by atoms with van der Waals surface area (Å²) < 4.78 is 57.7. The van der Waals surface area contributed by atoms with Crippen molar-refractivity contribution < 1.29 is 26.9 Å². The van der Waals surface area contributed by atoms with Crippen LogP contribution in [0.25, 0.3) is 10.9 Å². The molecule has 1 heterocycles. The maximum Gasteiger partial charge on any atom is 0.487 e. The Balaban J connectivity index is 1.81. The Labute approximate surface area is 185 Å². The number of aryl methyl sites for hydroxylation is 1. The number of non-ortho nitro benzene ring substituents is 1. The number of aromatic nitrogens is 1. The molecule has 2 aromatic carbocycles. The van der Waals surface area contributed by atoms with Crippen molar-refractivity contribution >= 4 is 49.8 Å². The largest absolute Gasteiger partial charge is 0.487 e. The molecule has 166 valence electrons. The molecule has 13 heteroatoms. The molecular weight excluding hydrogens is 479 g/mol. The summed E-state index contributed by atoms with van der Waals surface area (Å²) in [6.45, 7) is 1.67. The van der Waals surface area contributed by atoms with Gasteiger partial charge in [0.2, 0.25) is 10.0 Å². The van der Waals surface area contributed by atoms with Gasteiger partial charge in [-0.25, -0.2) is 13.1 Å². The number of halogens is 4. The lowest BCUT2D eigenvalue weighted by molar-refractivity contribution is -0.385. The van der Waals surface area contributed by atoms with Crippen molar-refractivity contribution in [3.05, 3.63) is 62.8 Å². The molecule has 0 unspecified atom stereocenters. The molecular formula is C18H15Cl2F2N3O5S. The first-order valence-electron chi connectivity index (χ1n) is 8.68. The van der Waals surface area contributed by atoms with E-state index in [0.29, 0.717) is 22.2 Å². The number of benzene rings is 2. The summed E-state index contributed by atoms with van der Waals surface area (Å²) in [6, 6.07) is 7.34. The SMILES string of the molecule is Cc1[nH]c2ccc(OC(F)(F)Cl)cc2c1CCNS(=O)(=O)c1cc([N+](=O)[O-])ccc1Cl. The third-order valence-electron chi connectivity index (χ3n) is 4.41. The molecule has 0 aliphatic carbocycles. The smallest absolute Gasteiger partial charge is 0.420 e. The molecule has 0 bridgehead atoms. The van der Waals surface area contributed by atoms with Gasteiger partial charge in [-0.1, -0.05) is 11.6 Å². The van der Waals surface area contributed by atoms with Crippen LogP contribution < -0.4 is 9.46 Å².